The van der Waals surface area contributed by atoms with E-state index < -0.39 is 4.92 Å². The predicted molar refractivity (Wildman–Crippen MR) is 92.2 cm³/mol. The molecule has 0 atom stereocenters. The van der Waals surface area contributed by atoms with Gasteiger partial charge in [-0.25, -0.2) is 4.98 Å². The minimum Gasteiger partial charge on any atom is -0.472 e. The van der Waals surface area contributed by atoms with Gasteiger partial charge in [-0.3, -0.25) is 14.9 Å². The summed E-state index contributed by atoms with van der Waals surface area (Å²) in [6.07, 6.45) is 6.14. The molecule has 10 heteroatoms. The summed E-state index contributed by atoms with van der Waals surface area (Å²) in [6.45, 7) is 2.17. The Morgan fingerprint density at radius 3 is 2.69 bits per heavy atom. The number of furan rings is 1. The topological polar surface area (TPSA) is 118 Å². The van der Waals surface area contributed by atoms with E-state index in [9.17, 15) is 14.9 Å². The first-order chi connectivity index (χ1) is 12.6. The quantitative estimate of drug-likeness (QED) is 0.631. The van der Waals surface area contributed by atoms with Crippen molar-refractivity contribution in [3.05, 3.63) is 40.5 Å². The third-order valence-electron chi connectivity index (χ3n) is 4.49. The van der Waals surface area contributed by atoms with Crippen molar-refractivity contribution in [2.45, 2.75) is 18.9 Å². The van der Waals surface area contributed by atoms with Crippen LogP contribution in [-0.4, -0.2) is 57.9 Å². The summed E-state index contributed by atoms with van der Waals surface area (Å²) in [5.41, 5.74) is 0.412. The van der Waals surface area contributed by atoms with E-state index in [1.165, 1.54) is 18.7 Å². The molecule has 1 aliphatic carbocycles. The fourth-order valence-corrected chi connectivity index (χ4v) is 2.86. The zero-order valence-corrected chi connectivity index (χ0v) is 14.0. The first kappa shape index (κ1) is 16.3. The Labute approximate surface area is 149 Å². The van der Waals surface area contributed by atoms with Gasteiger partial charge in [0.1, 0.15) is 12.5 Å². The number of aromatic nitrogens is 2. The van der Waals surface area contributed by atoms with Gasteiger partial charge < -0.3 is 19.5 Å². The highest BCUT2D eigenvalue weighted by atomic mass is 16.6. The van der Waals surface area contributed by atoms with E-state index in [2.05, 4.69) is 15.3 Å². The summed E-state index contributed by atoms with van der Waals surface area (Å²) in [4.78, 5) is 35.2. The van der Waals surface area contributed by atoms with Gasteiger partial charge in [-0.05, 0) is 18.9 Å². The number of carbonyl (C=O) groups is 1. The summed E-state index contributed by atoms with van der Waals surface area (Å²) in [7, 11) is 0. The molecule has 1 amide bonds. The largest absolute Gasteiger partial charge is 0.472 e. The van der Waals surface area contributed by atoms with Gasteiger partial charge in [-0.15, -0.1) is 0 Å². The second-order valence-corrected chi connectivity index (χ2v) is 6.37. The van der Waals surface area contributed by atoms with E-state index in [4.69, 9.17) is 4.42 Å². The van der Waals surface area contributed by atoms with Crippen molar-refractivity contribution in [3.8, 4) is 0 Å². The molecular formula is C16H18N6O4. The first-order valence-corrected chi connectivity index (χ1v) is 8.46. The van der Waals surface area contributed by atoms with Crippen molar-refractivity contribution in [2.75, 3.05) is 36.4 Å². The Morgan fingerprint density at radius 2 is 2.08 bits per heavy atom. The van der Waals surface area contributed by atoms with Gasteiger partial charge in [0.05, 0.1) is 16.7 Å². The number of anilines is 2. The van der Waals surface area contributed by atoms with E-state index in [1.807, 2.05) is 4.90 Å². The molecule has 26 heavy (non-hydrogen) atoms. The van der Waals surface area contributed by atoms with Crippen LogP contribution in [0.3, 0.4) is 0 Å². The van der Waals surface area contributed by atoms with Crippen LogP contribution in [0.15, 0.2) is 29.2 Å². The van der Waals surface area contributed by atoms with Crippen LogP contribution in [0.4, 0.5) is 17.5 Å². The zero-order valence-electron chi connectivity index (χ0n) is 14.0. The lowest BCUT2D eigenvalue weighted by molar-refractivity contribution is -0.384. The number of nitrogens with zero attached hydrogens (tertiary/aromatic N) is 5. The number of rotatable bonds is 5. The van der Waals surface area contributed by atoms with Crippen LogP contribution in [0.25, 0.3) is 0 Å². The van der Waals surface area contributed by atoms with Crippen LogP contribution in [-0.2, 0) is 0 Å². The molecule has 0 spiro atoms. The number of hydrogen-bond acceptors (Lipinski definition) is 8. The summed E-state index contributed by atoms with van der Waals surface area (Å²) < 4.78 is 4.96. The van der Waals surface area contributed by atoms with Crippen molar-refractivity contribution in [1.82, 2.24) is 14.9 Å². The SMILES string of the molecule is O=C(c1ccoc1)N1CCN(c2ncc([N+](=O)[O-])c(NC3CC3)n2)CC1. The Hall–Kier alpha value is -3.17. The number of carbonyl (C=O) groups excluding carboxylic acids is 1. The van der Waals surface area contributed by atoms with Crippen LogP contribution in [0.5, 0.6) is 0 Å². The Morgan fingerprint density at radius 1 is 1.31 bits per heavy atom. The molecular weight excluding hydrogens is 340 g/mol. The average molecular weight is 358 g/mol. The predicted octanol–water partition coefficient (Wildman–Crippen LogP) is 1.51. The molecule has 2 aromatic heterocycles. The lowest BCUT2D eigenvalue weighted by Crippen LogP contribution is -2.49. The maximum Gasteiger partial charge on any atom is 0.329 e. The minimum atomic E-state index is -0.476. The molecule has 3 heterocycles. The van der Waals surface area contributed by atoms with Gasteiger partial charge in [0.15, 0.2) is 0 Å². The number of nitrogens with one attached hydrogen (secondary N) is 1. The van der Waals surface area contributed by atoms with Crippen LogP contribution in [0, 0.1) is 10.1 Å². The molecule has 4 rings (SSSR count). The molecule has 2 fully saturated rings. The number of hydrogen-bond donors (Lipinski definition) is 1. The molecule has 0 bridgehead atoms. The van der Waals surface area contributed by atoms with E-state index in [0.717, 1.165) is 12.8 Å². The molecule has 1 saturated carbocycles. The number of nitro groups is 1. The van der Waals surface area contributed by atoms with Crippen molar-refractivity contribution < 1.29 is 14.1 Å². The first-order valence-electron chi connectivity index (χ1n) is 8.46. The molecule has 10 nitrogen and oxygen atoms in total. The fourth-order valence-electron chi connectivity index (χ4n) is 2.86. The van der Waals surface area contributed by atoms with Gasteiger partial charge in [-0.1, -0.05) is 0 Å². The average Bonchev–Trinajstić information content (AvgIpc) is 3.30. The van der Waals surface area contributed by atoms with Gasteiger partial charge in [0.2, 0.25) is 11.8 Å². The molecule has 136 valence electrons. The monoisotopic (exact) mass is 358 g/mol. The number of piperazine rings is 1. The van der Waals surface area contributed by atoms with Crippen LogP contribution >= 0.6 is 0 Å². The summed E-state index contributed by atoms with van der Waals surface area (Å²) in [5.74, 6) is 0.632. The van der Waals surface area contributed by atoms with Gasteiger partial charge in [0, 0.05) is 32.2 Å². The van der Waals surface area contributed by atoms with Crippen LogP contribution in [0.1, 0.15) is 23.2 Å². The standard InChI is InChI=1S/C16H18N6O4/c23-15(11-3-8-26-10-11)20-4-6-21(7-5-20)16-17-9-13(22(24)25)14(19-16)18-12-1-2-12/h3,8-10,12H,1-2,4-7H2,(H,17,18,19). The Kier molecular flexibility index (Phi) is 4.15. The van der Waals surface area contributed by atoms with Crippen molar-refractivity contribution >= 4 is 23.4 Å². The maximum atomic E-state index is 12.3. The van der Waals surface area contributed by atoms with Gasteiger partial charge in [-0.2, -0.15) is 4.98 Å². The zero-order chi connectivity index (χ0) is 18.1. The smallest absolute Gasteiger partial charge is 0.329 e. The highest BCUT2D eigenvalue weighted by Crippen LogP contribution is 2.30. The summed E-state index contributed by atoms with van der Waals surface area (Å²) in [5, 5.41) is 14.3. The van der Waals surface area contributed by atoms with E-state index >= 15 is 0 Å². The molecule has 0 radical (unpaired) electrons. The third-order valence-corrected chi connectivity index (χ3v) is 4.49. The van der Waals surface area contributed by atoms with E-state index in [1.54, 1.807) is 11.0 Å². The lowest BCUT2D eigenvalue weighted by Gasteiger charge is -2.34. The highest BCUT2D eigenvalue weighted by Gasteiger charge is 2.29. The fraction of sp³-hybridized carbons (Fsp3) is 0.438. The van der Waals surface area contributed by atoms with Crippen LogP contribution in [0.2, 0.25) is 0 Å². The van der Waals surface area contributed by atoms with Gasteiger partial charge >= 0.3 is 5.69 Å². The van der Waals surface area contributed by atoms with Gasteiger partial charge in [0.25, 0.3) is 5.91 Å². The molecule has 1 N–H and O–H groups in total. The Bertz CT molecular complexity index is 812. The van der Waals surface area contributed by atoms with E-state index in [-0.39, 0.29) is 23.5 Å². The second-order valence-electron chi connectivity index (χ2n) is 6.37. The van der Waals surface area contributed by atoms with Crippen molar-refractivity contribution in [1.29, 1.82) is 0 Å². The molecule has 0 unspecified atom stereocenters. The highest BCUT2D eigenvalue weighted by molar-refractivity contribution is 5.94. The maximum absolute atomic E-state index is 12.3. The summed E-state index contributed by atoms with van der Waals surface area (Å²) in [6, 6.07) is 1.89. The third kappa shape index (κ3) is 3.30. The molecule has 2 aliphatic rings. The molecule has 1 saturated heterocycles. The molecule has 1 aliphatic heterocycles. The lowest BCUT2D eigenvalue weighted by atomic mass is 10.2. The summed E-state index contributed by atoms with van der Waals surface area (Å²) >= 11 is 0. The van der Waals surface area contributed by atoms with Crippen LogP contribution < -0.4 is 10.2 Å². The Balaban J connectivity index is 1.45. The van der Waals surface area contributed by atoms with E-state index in [0.29, 0.717) is 37.7 Å². The molecule has 0 aromatic carbocycles. The number of amides is 1. The van der Waals surface area contributed by atoms with Crippen molar-refractivity contribution in [2.24, 2.45) is 0 Å². The second kappa shape index (κ2) is 6.62. The minimum absolute atomic E-state index is 0.0703. The normalized spacial score (nSPS) is 17.2. The molecule has 2 aromatic rings. The van der Waals surface area contributed by atoms with Crippen molar-refractivity contribution in [3.63, 3.8) is 0 Å².